The van der Waals surface area contributed by atoms with E-state index in [1.165, 1.54) is 30.3 Å². The van der Waals surface area contributed by atoms with E-state index in [9.17, 15) is 28.0 Å². The van der Waals surface area contributed by atoms with Crippen LogP contribution in [-0.2, 0) is 32.1 Å². The molecule has 4 heterocycles. The van der Waals surface area contributed by atoms with Crippen LogP contribution >= 0.6 is 0 Å². The van der Waals surface area contributed by atoms with Gasteiger partial charge in [-0.2, -0.15) is 0 Å². The van der Waals surface area contributed by atoms with Crippen molar-refractivity contribution < 1.29 is 45.5 Å². The van der Waals surface area contributed by atoms with Crippen molar-refractivity contribution in [3.8, 4) is 11.5 Å². The van der Waals surface area contributed by atoms with Crippen molar-refractivity contribution in [2.75, 3.05) is 40.3 Å². The zero-order valence-corrected chi connectivity index (χ0v) is 33.1. The Labute approximate surface area is 341 Å². The maximum absolute atomic E-state index is 15.4. The number of H-pyrrole nitrogens is 1. The lowest BCUT2D eigenvalue weighted by molar-refractivity contribution is -0.138. The lowest BCUT2D eigenvalue weighted by atomic mass is 9.99. The summed E-state index contributed by atoms with van der Waals surface area (Å²) in [5.41, 5.74) is 1.28. The van der Waals surface area contributed by atoms with Crippen LogP contribution in [0.5, 0.6) is 0 Å². The fourth-order valence-corrected chi connectivity index (χ4v) is 8.96. The largest absolute Gasteiger partial charge is 0.352 e. The topological polar surface area (TPSA) is 156 Å². The first-order chi connectivity index (χ1) is 28.5. The Morgan fingerprint density at radius 2 is 1.32 bits per heavy atom. The highest BCUT2D eigenvalue weighted by molar-refractivity contribution is 5.93. The average molecular weight is 844 g/mol. The Kier molecular flexibility index (Phi) is 11.1. The van der Waals surface area contributed by atoms with E-state index in [0.717, 1.165) is 15.9 Å². The number of likely N-dealkylation sites (N-methyl/N-ethyl adjacent to an activating group) is 2. The van der Waals surface area contributed by atoms with Crippen molar-refractivity contribution in [1.82, 2.24) is 45.6 Å². The third-order valence-electron chi connectivity index (χ3n) is 12.0. The molecular formula is C41H47F6N9O4. The highest BCUT2D eigenvalue weighted by atomic mass is 19.3. The van der Waals surface area contributed by atoms with Crippen LogP contribution in [0.1, 0.15) is 44.1 Å². The maximum atomic E-state index is 15.4. The molecule has 322 valence electrons. The Bertz CT molecular complexity index is 2170. The van der Waals surface area contributed by atoms with E-state index in [0.29, 0.717) is 42.1 Å². The van der Waals surface area contributed by atoms with Gasteiger partial charge < -0.3 is 40.6 Å². The minimum Gasteiger partial charge on any atom is -0.352 e. The van der Waals surface area contributed by atoms with Crippen LogP contribution < -0.4 is 21.3 Å². The number of aromatic amines is 1. The quantitative estimate of drug-likeness (QED) is 0.114. The fraction of sp³-hybridized carbons (Fsp3) is 0.537. The van der Waals surface area contributed by atoms with Gasteiger partial charge in [-0.25, -0.2) is 31.3 Å². The number of benzene rings is 2. The second-order valence-electron chi connectivity index (χ2n) is 16.7. The number of hydrogen-bond donors (Lipinski definition) is 5. The van der Waals surface area contributed by atoms with Crippen LogP contribution in [0, 0.1) is 23.5 Å². The number of halogens is 6. The van der Waals surface area contributed by atoms with Crippen molar-refractivity contribution in [2.45, 2.75) is 87.5 Å². The van der Waals surface area contributed by atoms with E-state index in [-0.39, 0.29) is 60.4 Å². The van der Waals surface area contributed by atoms with Crippen LogP contribution in [0.4, 0.5) is 26.3 Å². The number of nitrogens with zero attached hydrogens (tertiary/aromatic N) is 4. The van der Waals surface area contributed by atoms with Gasteiger partial charge in [0, 0.05) is 42.4 Å². The summed E-state index contributed by atoms with van der Waals surface area (Å²) in [6.45, 7) is -2.19. The number of carbonyl (C=O) groups is 4. The molecule has 2 aliphatic heterocycles. The van der Waals surface area contributed by atoms with Crippen LogP contribution in [0.3, 0.4) is 0 Å². The van der Waals surface area contributed by atoms with Gasteiger partial charge >= 0.3 is 0 Å². The van der Waals surface area contributed by atoms with E-state index in [1.54, 1.807) is 18.7 Å². The Balaban J connectivity index is 1.19. The molecule has 5 N–H and O–H groups in total. The summed E-state index contributed by atoms with van der Waals surface area (Å²) in [4.78, 5) is 63.4. The third-order valence-corrected chi connectivity index (χ3v) is 12.0. The summed E-state index contributed by atoms with van der Waals surface area (Å²) >= 11 is 0. The number of amides is 4. The molecular weight excluding hydrogens is 796 g/mol. The molecule has 2 saturated heterocycles. The minimum absolute atomic E-state index is 0.0744. The third kappa shape index (κ3) is 8.55. The summed E-state index contributed by atoms with van der Waals surface area (Å²) in [6, 6.07) is 3.38. The Hall–Kier alpha value is -5.17. The first kappa shape index (κ1) is 41.6. The Morgan fingerprint density at radius 3 is 1.88 bits per heavy atom. The highest BCUT2D eigenvalue weighted by Crippen LogP contribution is 2.42. The normalized spacial score (nSPS) is 22.1. The molecule has 4 amide bonds. The highest BCUT2D eigenvalue weighted by Gasteiger charge is 2.52. The number of aromatic nitrogens is 3. The molecule has 0 bridgehead atoms. The number of likely N-dealkylation sites (tertiary alicyclic amines) is 2. The van der Waals surface area contributed by atoms with Crippen LogP contribution in [0.15, 0.2) is 36.4 Å². The zero-order chi connectivity index (χ0) is 42.7. The molecule has 60 heavy (non-hydrogen) atoms. The van der Waals surface area contributed by atoms with E-state index in [2.05, 4.69) is 26.3 Å². The zero-order valence-electron chi connectivity index (χ0n) is 33.1. The van der Waals surface area contributed by atoms with E-state index < -0.39 is 97.2 Å². The summed E-state index contributed by atoms with van der Waals surface area (Å²) in [5.74, 6) is -10.4. The molecule has 0 radical (unpaired) electrons. The summed E-state index contributed by atoms with van der Waals surface area (Å²) in [6.07, 6.45) is 0.940. The lowest BCUT2D eigenvalue weighted by Gasteiger charge is -2.30. The molecule has 4 unspecified atom stereocenters. The van der Waals surface area contributed by atoms with Crippen molar-refractivity contribution in [3.05, 3.63) is 53.6 Å². The Morgan fingerprint density at radius 1 is 0.783 bits per heavy atom. The average Bonchev–Trinajstić information content (AvgIpc) is 4.09. The first-order valence-corrected chi connectivity index (χ1v) is 20.3. The van der Waals surface area contributed by atoms with Crippen molar-refractivity contribution in [2.24, 2.45) is 11.8 Å². The van der Waals surface area contributed by atoms with E-state index in [4.69, 9.17) is 4.98 Å². The predicted octanol–water partition coefficient (Wildman–Crippen LogP) is 3.71. The second-order valence-corrected chi connectivity index (χ2v) is 16.7. The van der Waals surface area contributed by atoms with Gasteiger partial charge in [0.05, 0.1) is 48.9 Å². The molecule has 4 atom stereocenters. The number of hydrogen-bond acceptors (Lipinski definition) is 7. The molecule has 0 spiro atoms. The van der Waals surface area contributed by atoms with E-state index >= 15 is 17.6 Å². The molecule has 4 aliphatic rings. The molecule has 8 rings (SSSR count). The fourth-order valence-electron chi connectivity index (χ4n) is 8.96. The minimum atomic E-state index is -3.29. The van der Waals surface area contributed by atoms with Gasteiger partial charge in [0.2, 0.25) is 23.6 Å². The van der Waals surface area contributed by atoms with Gasteiger partial charge in [0.1, 0.15) is 23.7 Å². The smallest absolute Gasteiger partial charge is 0.267 e. The number of imidazole rings is 1. The predicted molar refractivity (Wildman–Crippen MR) is 208 cm³/mol. The van der Waals surface area contributed by atoms with Gasteiger partial charge in [0.15, 0.2) is 5.82 Å². The SMILES string of the molecule is CNCC(=O)NC(C(=O)N1CC(F)(F)CC1Cc1c(-c2nc3cc(F)ccc3n2CC2CC(F)(F)CN2C(=O)C(NC(=O)CNC)C2CC2)[nH]c2cc(F)ccc12)C1CC1. The van der Waals surface area contributed by atoms with E-state index in [1.807, 2.05) is 0 Å². The second kappa shape index (κ2) is 16.0. The van der Waals surface area contributed by atoms with Crippen molar-refractivity contribution in [1.29, 1.82) is 0 Å². The molecule has 13 nitrogen and oxygen atoms in total. The van der Waals surface area contributed by atoms with Crippen molar-refractivity contribution >= 4 is 45.6 Å². The van der Waals surface area contributed by atoms with Crippen LogP contribution in [0.25, 0.3) is 33.5 Å². The first-order valence-electron chi connectivity index (χ1n) is 20.3. The molecule has 4 aromatic rings. The molecule has 4 fully saturated rings. The lowest BCUT2D eigenvalue weighted by Crippen LogP contribution is -2.53. The van der Waals surface area contributed by atoms with Gasteiger partial charge in [-0.15, -0.1) is 0 Å². The number of carbonyl (C=O) groups excluding carboxylic acids is 4. The van der Waals surface area contributed by atoms with Gasteiger partial charge in [-0.3, -0.25) is 19.2 Å². The number of rotatable bonds is 15. The molecule has 2 saturated carbocycles. The van der Waals surface area contributed by atoms with Crippen LogP contribution in [0.2, 0.25) is 0 Å². The summed E-state index contributed by atoms with van der Waals surface area (Å²) < 4.78 is 92.8. The molecule has 2 aromatic carbocycles. The van der Waals surface area contributed by atoms with Gasteiger partial charge in [-0.05, 0) is 93.9 Å². The molecule has 2 aliphatic carbocycles. The summed E-state index contributed by atoms with van der Waals surface area (Å²) in [7, 11) is 3.13. The maximum Gasteiger partial charge on any atom is 0.267 e. The number of nitrogens with one attached hydrogen (secondary N) is 5. The van der Waals surface area contributed by atoms with Gasteiger partial charge in [-0.1, -0.05) is 0 Å². The number of fused-ring (bicyclic) bond motifs is 2. The van der Waals surface area contributed by atoms with Crippen LogP contribution in [-0.4, -0.2) is 124 Å². The number of alkyl halides is 4. The summed E-state index contributed by atoms with van der Waals surface area (Å²) in [5, 5.41) is 11.3. The molecule has 19 heteroatoms. The van der Waals surface area contributed by atoms with Crippen molar-refractivity contribution in [3.63, 3.8) is 0 Å². The molecule has 2 aromatic heterocycles. The standard InChI is InChI=1S/C41H47F6N9O4/c1-48-16-32(57)52-34(21-3-4-21)38(59)55-19-40(44,45)14-25(55)13-28-27-9-7-23(42)11-29(27)50-36(28)37-51-30-12-24(43)8-10-31(30)54(37)18-26-15-41(46,47)20-56(26)39(60)35(22-5-6-22)53-33(58)17-49-2/h7-12,21-22,25-26,34-35,48-50H,3-6,13-20H2,1-2H3,(H,52,57)(H,53,58). The van der Waals surface area contributed by atoms with Gasteiger partial charge in [0.25, 0.3) is 11.8 Å². The monoisotopic (exact) mass is 843 g/mol.